The molecule has 1 saturated carbocycles. The lowest BCUT2D eigenvalue weighted by atomic mass is 9.72. The third-order valence-electron chi connectivity index (χ3n) is 4.35. The number of rotatable bonds is 8. The van der Waals surface area contributed by atoms with Crippen LogP contribution in [-0.2, 0) is 9.59 Å². The first-order valence-electron chi connectivity index (χ1n) is 8.15. The maximum atomic E-state index is 12.0. The molecule has 1 aromatic carbocycles. The predicted octanol–water partition coefficient (Wildman–Crippen LogP) is 1.34. The van der Waals surface area contributed by atoms with E-state index in [4.69, 9.17) is 16.3 Å². The number of halogens is 1. The molecular weight excluding hydrogens is 330 g/mol. The molecule has 3 unspecified atom stereocenters. The summed E-state index contributed by atoms with van der Waals surface area (Å²) in [6, 6.07) is 7.28. The average Bonchev–Trinajstić information content (AvgIpc) is 2.56. The summed E-state index contributed by atoms with van der Waals surface area (Å²) in [6.45, 7) is 2.37. The van der Waals surface area contributed by atoms with E-state index in [1.165, 1.54) is 0 Å². The number of hydrogen-bond donors (Lipinski definition) is 3. The number of nitrogens with one attached hydrogen (secondary N) is 3. The van der Waals surface area contributed by atoms with E-state index in [1.54, 1.807) is 31.3 Å². The molecule has 2 amide bonds. The first-order chi connectivity index (χ1) is 11.5. The van der Waals surface area contributed by atoms with Gasteiger partial charge in [-0.2, -0.15) is 0 Å². The Morgan fingerprint density at radius 2 is 1.92 bits per heavy atom. The molecule has 0 bridgehead atoms. The Hall–Kier alpha value is -1.79. The third kappa shape index (κ3) is 5.11. The average molecular weight is 354 g/mol. The van der Waals surface area contributed by atoms with Crippen molar-refractivity contribution in [1.29, 1.82) is 0 Å². The quantitative estimate of drug-likeness (QED) is 0.659. The van der Waals surface area contributed by atoms with Crippen molar-refractivity contribution >= 4 is 23.4 Å². The summed E-state index contributed by atoms with van der Waals surface area (Å²) < 4.78 is 5.44. The minimum absolute atomic E-state index is 0.0229. The van der Waals surface area contributed by atoms with Gasteiger partial charge in [0.05, 0.1) is 6.54 Å². The lowest BCUT2D eigenvalue weighted by molar-refractivity contribution is -0.126. The van der Waals surface area contributed by atoms with Gasteiger partial charge in [-0.3, -0.25) is 9.59 Å². The van der Waals surface area contributed by atoms with E-state index in [0.29, 0.717) is 23.2 Å². The second kappa shape index (κ2) is 8.89. The number of carbonyl (C=O) groups is 2. The molecular formula is C17H24ClN3O3. The summed E-state index contributed by atoms with van der Waals surface area (Å²) in [7, 11) is 1.62. The third-order valence-corrected chi connectivity index (χ3v) is 4.60. The van der Waals surface area contributed by atoms with Crippen molar-refractivity contribution in [1.82, 2.24) is 16.0 Å². The number of carbonyl (C=O) groups excluding carboxylic acids is 2. The van der Waals surface area contributed by atoms with Gasteiger partial charge in [-0.05, 0) is 43.0 Å². The van der Waals surface area contributed by atoms with Crippen LogP contribution in [0.5, 0.6) is 5.75 Å². The Morgan fingerprint density at radius 1 is 1.21 bits per heavy atom. The van der Waals surface area contributed by atoms with E-state index in [1.807, 2.05) is 0 Å². The van der Waals surface area contributed by atoms with Crippen molar-refractivity contribution in [2.45, 2.75) is 31.8 Å². The molecule has 1 aliphatic rings. The van der Waals surface area contributed by atoms with Gasteiger partial charge < -0.3 is 20.7 Å². The second-order valence-corrected chi connectivity index (χ2v) is 6.32. The van der Waals surface area contributed by atoms with Gasteiger partial charge in [0, 0.05) is 24.2 Å². The fraction of sp³-hybridized carbons (Fsp3) is 0.529. The van der Waals surface area contributed by atoms with E-state index in [2.05, 4.69) is 22.9 Å². The van der Waals surface area contributed by atoms with Crippen molar-refractivity contribution in [3.8, 4) is 5.75 Å². The highest BCUT2D eigenvalue weighted by Crippen LogP contribution is 2.30. The summed E-state index contributed by atoms with van der Waals surface area (Å²) in [5, 5.41) is 9.44. The van der Waals surface area contributed by atoms with Crippen molar-refractivity contribution < 1.29 is 14.3 Å². The SMILES string of the molecule is CCC1C(NCC(=O)NC)CC1NC(=O)COc1ccc(Cl)cc1. The van der Waals surface area contributed by atoms with Crippen LogP contribution in [0.2, 0.25) is 5.02 Å². The largest absolute Gasteiger partial charge is 0.484 e. The summed E-state index contributed by atoms with van der Waals surface area (Å²) in [5.74, 6) is 0.765. The fourth-order valence-electron chi connectivity index (χ4n) is 2.92. The molecule has 7 heteroatoms. The van der Waals surface area contributed by atoms with Gasteiger partial charge in [-0.1, -0.05) is 18.5 Å². The predicted molar refractivity (Wildman–Crippen MR) is 93.1 cm³/mol. The molecule has 1 fully saturated rings. The van der Waals surface area contributed by atoms with E-state index in [0.717, 1.165) is 12.8 Å². The summed E-state index contributed by atoms with van der Waals surface area (Å²) >= 11 is 5.80. The lowest BCUT2D eigenvalue weighted by Crippen LogP contribution is -2.61. The molecule has 0 aromatic heterocycles. The van der Waals surface area contributed by atoms with Gasteiger partial charge in [-0.15, -0.1) is 0 Å². The van der Waals surface area contributed by atoms with Crippen molar-refractivity contribution in [2.24, 2.45) is 5.92 Å². The molecule has 0 radical (unpaired) electrons. The Bertz CT molecular complexity index is 565. The molecule has 0 saturated heterocycles. The van der Waals surface area contributed by atoms with Gasteiger partial charge in [-0.25, -0.2) is 0 Å². The summed E-state index contributed by atoms with van der Waals surface area (Å²) in [5.41, 5.74) is 0. The minimum atomic E-state index is -0.141. The number of amides is 2. The minimum Gasteiger partial charge on any atom is -0.484 e. The first-order valence-corrected chi connectivity index (χ1v) is 8.53. The molecule has 24 heavy (non-hydrogen) atoms. The van der Waals surface area contributed by atoms with Crippen LogP contribution < -0.4 is 20.7 Å². The van der Waals surface area contributed by atoms with E-state index < -0.39 is 0 Å². The molecule has 3 N–H and O–H groups in total. The number of ether oxygens (including phenoxy) is 1. The summed E-state index contributed by atoms with van der Waals surface area (Å²) in [4.78, 5) is 23.3. The molecule has 3 atom stereocenters. The highest BCUT2D eigenvalue weighted by atomic mass is 35.5. The number of hydrogen-bond acceptors (Lipinski definition) is 4. The van der Waals surface area contributed by atoms with Crippen LogP contribution in [-0.4, -0.2) is 44.1 Å². The van der Waals surface area contributed by atoms with Gasteiger partial charge in [0.1, 0.15) is 5.75 Å². The van der Waals surface area contributed by atoms with Gasteiger partial charge in [0.2, 0.25) is 5.91 Å². The second-order valence-electron chi connectivity index (χ2n) is 5.88. The Labute approximate surface area is 147 Å². The fourth-order valence-corrected chi connectivity index (χ4v) is 3.04. The Kier molecular flexibility index (Phi) is 6.87. The van der Waals surface area contributed by atoms with E-state index >= 15 is 0 Å². The van der Waals surface area contributed by atoms with Crippen LogP contribution in [0, 0.1) is 5.92 Å². The van der Waals surface area contributed by atoms with Gasteiger partial charge in [0.15, 0.2) is 6.61 Å². The smallest absolute Gasteiger partial charge is 0.258 e. The van der Waals surface area contributed by atoms with Crippen LogP contribution in [0.3, 0.4) is 0 Å². The molecule has 1 aromatic rings. The van der Waals surface area contributed by atoms with Crippen LogP contribution in [0.1, 0.15) is 19.8 Å². The van der Waals surface area contributed by atoms with Gasteiger partial charge >= 0.3 is 0 Å². The molecule has 0 spiro atoms. The zero-order chi connectivity index (χ0) is 17.5. The lowest BCUT2D eigenvalue weighted by Gasteiger charge is -2.45. The zero-order valence-electron chi connectivity index (χ0n) is 14.0. The molecule has 6 nitrogen and oxygen atoms in total. The molecule has 0 aliphatic heterocycles. The zero-order valence-corrected chi connectivity index (χ0v) is 14.7. The van der Waals surface area contributed by atoms with Crippen LogP contribution in [0.4, 0.5) is 0 Å². The Morgan fingerprint density at radius 3 is 2.54 bits per heavy atom. The van der Waals surface area contributed by atoms with E-state index in [-0.39, 0.29) is 30.5 Å². The molecule has 132 valence electrons. The van der Waals surface area contributed by atoms with Crippen molar-refractivity contribution in [2.75, 3.05) is 20.2 Å². The van der Waals surface area contributed by atoms with E-state index in [9.17, 15) is 9.59 Å². The van der Waals surface area contributed by atoms with Gasteiger partial charge in [0.25, 0.3) is 5.91 Å². The first kappa shape index (κ1) is 18.5. The standard InChI is InChI=1S/C17H24ClN3O3/c1-3-13-14(20-9-16(22)19-2)8-15(13)21-17(23)10-24-12-6-4-11(18)5-7-12/h4-7,13-15,20H,3,8-10H2,1-2H3,(H,19,22)(H,21,23). The highest BCUT2D eigenvalue weighted by Gasteiger charge is 2.40. The van der Waals surface area contributed by atoms with Crippen LogP contribution in [0.25, 0.3) is 0 Å². The number of likely N-dealkylation sites (N-methyl/N-ethyl adjacent to an activating group) is 1. The van der Waals surface area contributed by atoms with Crippen LogP contribution >= 0.6 is 11.6 Å². The Balaban J connectivity index is 1.72. The monoisotopic (exact) mass is 353 g/mol. The number of benzene rings is 1. The van der Waals surface area contributed by atoms with Crippen LogP contribution in [0.15, 0.2) is 24.3 Å². The van der Waals surface area contributed by atoms with Crippen molar-refractivity contribution in [3.05, 3.63) is 29.3 Å². The summed E-state index contributed by atoms with van der Waals surface area (Å²) in [6.07, 6.45) is 1.76. The van der Waals surface area contributed by atoms with Crippen molar-refractivity contribution in [3.63, 3.8) is 0 Å². The molecule has 2 rings (SSSR count). The normalized spacial score (nSPS) is 22.4. The maximum Gasteiger partial charge on any atom is 0.258 e. The topological polar surface area (TPSA) is 79.5 Å². The maximum absolute atomic E-state index is 12.0. The molecule has 1 aliphatic carbocycles. The molecule has 0 heterocycles. The highest BCUT2D eigenvalue weighted by molar-refractivity contribution is 6.30.